The molecule has 5 heteroatoms. The van der Waals surface area contributed by atoms with E-state index >= 15 is 0 Å². The second-order valence-corrected chi connectivity index (χ2v) is 3.52. The van der Waals surface area contributed by atoms with Crippen molar-refractivity contribution in [2.24, 2.45) is 0 Å². The fourth-order valence-corrected chi connectivity index (χ4v) is 1.53. The first-order chi connectivity index (χ1) is 8.22. The third-order valence-corrected chi connectivity index (χ3v) is 2.48. The molecule has 2 N–H and O–H groups in total. The highest BCUT2D eigenvalue weighted by molar-refractivity contribution is 5.67. The Hall–Kier alpha value is -2.30. The minimum absolute atomic E-state index is 0.408. The monoisotopic (exact) mass is 230 g/mol. The maximum Gasteiger partial charge on any atom is 0.175 e. The van der Waals surface area contributed by atoms with Gasteiger partial charge in [0, 0.05) is 25.1 Å². The van der Waals surface area contributed by atoms with Gasteiger partial charge in [-0.1, -0.05) is 0 Å². The van der Waals surface area contributed by atoms with E-state index < -0.39 is 0 Å². The Morgan fingerprint density at radius 2 is 1.76 bits per heavy atom. The van der Waals surface area contributed by atoms with Crippen LogP contribution in [0.1, 0.15) is 0 Å². The van der Waals surface area contributed by atoms with Gasteiger partial charge in [-0.05, 0) is 24.3 Å². The molecule has 0 amide bonds. The molecular weight excluding hydrogens is 216 g/mol. The summed E-state index contributed by atoms with van der Waals surface area (Å²) in [5.74, 6) is 1.86. The largest absolute Gasteiger partial charge is 0.497 e. The normalized spacial score (nSPS) is 10.0. The number of ether oxygens (including phenoxy) is 1. The summed E-state index contributed by atoms with van der Waals surface area (Å²) in [6, 6.07) is 7.65. The van der Waals surface area contributed by atoms with Crippen molar-refractivity contribution in [3.8, 4) is 5.75 Å². The fourth-order valence-electron chi connectivity index (χ4n) is 1.53. The Kier molecular flexibility index (Phi) is 3.09. The van der Waals surface area contributed by atoms with E-state index in [0.29, 0.717) is 11.6 Å². The predicted octanol–water partition coefficient (Wildman–Crippen LogP) is 1.84. The molecule has 0 aliphatic heterocycles. The van der Waals surface area contributed by atoms with Gasteiger partial charge in [-0.15, -0.1) is 0 Å². The number of hydrogen-bond donors (Lipinski definition) is 1. The third kappa shape index (κ3) is 2.28. The summed E-state index contributed by atoms with van der Waals surface area (Å²) in [5.41, 5.74) is 6.75. The van der Waals surface area contributed by atoms with Crippen LogP contribution < -0.4 is 15.4 Å². The number of nitrogens with zero attached hydrogens (tertiary/aromatic N) is 3. The summed E-state index contributed by atoms with van der Waals surface area (Å²) in [5, 5.41) is 0. The van der Waals surface area contributed by atoms with Crippen LogP contribution >= 0.6 is 0 Å². The number of nitrogen functional groups attached to an aromatic ring is 1. The van der Waals surface area contributed by atoms with Crippen molar-refractivity contribution in [3.63, 3.8) is 0 Å². The van der Waals surface area contributed by atoms with Crippen LogP contribution in [-0.2, 0) is 0 Å². The summed E-state index contributed by atoms with van der Waals surface area (Å²) in [6.07, 6.45) is 3.19. The molecule has 0 bridgehead atoms. The number of anilines is 3. The van der Waals surface area contributed by atoms with E-state index in [1.165, 1.54) is 0 Å². The third-order valence-electron chi connectivity index (χ3n) is 2.48. The van der Waals surface area contributed by atoms with Gasteiger partial charge in [0.1, 0.15) is 5.75 Å². The SMILES string of the molecule is COc1ccc(N(C)c2nccnc2N)cc1. The van der Waals surface area contributed by atoms with Crippen LogP contribution in [0, 0.1) is 0 Å². The highest BCUT2D eigenvalue weighted by Gasteiger charge is 2.09. The van der Waals surface area contributed by atoms with Gasteiger partial charge in [0.15, 0.2) is 11.6 Å². The van der Waals surface area contributed by atoms with Crippen LogP contribution in [0.2, 0.25) is 0 Å². The molecule has 0 atom stereocenters. The fraction of sp³-hybridized carbons (Fsp3) is 0.167. The lowest BCUT2D eigenvalue weighted by atomic mass is 10.3. The number of nitrogens with two attached hydrogens (primary N) is 1. The zero-order valence-corrected chi connectivity index (χ0v) is 9.79. The molecule has 2 rings (SSSR count). The molecular formula is C12H14N4O. The summed E-state index contributed by atoms with van der Waals surface area (Å²) in [4.78, 5) is 10.1. The lowest BCUT2D eigenvalue weighted by Gasteiger charge is -2.19. The summed E-state index contributed by atoms with van der Waals surface area (Å²) < 4.78 is 5.11. The molecule has 0 spiro atoms. The standard InChI is InChI=1S/C12H14N4O/c1-16(12-11(13)14-7-8-15-12)9-3-5-10(17-2)6-4-9/h3-8H,1-2H3,(H2,13,14). The number of methoxy groups -OCH3 is 1. The predicted molar refractivity (Wildman–Crippen MR) is 67.5 cm³/mol. The van der Waals surface area contributed by atoms with Crippen molar-refractivity contribution >= 4 is 17.3 Å². The molecule has 0 saturated heterocycles. The van der Waals surface area contributed by atoms with Crippen LogP contribution in [0.3, 0.4) is 0 Å². The first-order valence-corrected chi connectivity index (χ1v) is 5.16. The molecule has 1 aromatic heterocycles. The first kappa shape index (κ1) is 11.2. The van der Waals surface area contributed by atoms with E-state index in [0.717, 1.165) is 11.4 Å². The van der Waals surface area contributed by atoms with Gasteiger partial charge in [0.05, 0.1) is 7.11 Å². The average Bonchev–Trinajstić information content (AvgIpc) is 2.39. The van der Waals surface area contributed by atoms with Gasteiger partial charge < -0.3 is 15.4 Å². The van der Waals surface area contributed by atoms with Gasteiger partial charge >= 0.3 is 0 Å². The molecule has 0 saturated carbocycles. The van der Waals surface area contributed by atoms with Crippen molar-refractivity contribution < 1.29 is 4.74 Å². The Balaban J connectivity index is 2.30. The van der Waals surface area contributed by atoms with Crippen LogP contribution in [-0.4, -0.2) is 24.1 Å². The second kappa shape index (κ2) is 4.69. The van der Waals surface area contributed by atoms with Crippen molar-refractivity contribution in [2.45, 2.75) is 0 Å². The number of rotatable bonds is 3. The Labute approximate surface area is 99.9 Å². The van der Waals surface area contributed by atoms with Crippen LogP contribution in [0.15, 0.2) is 36.7 Å². The molecule has 1 heterocycles. The summed E-state index contributed by atoms with van der Waals surface area (Å²) in [6.45, 7) is 0. The van der Waals surface area contributed by atoms with E-state index in [2.05, 4.69) is 9.97 Å². The minimum Gasteiger partial charge on any atom is -0.497 e. The van der Waals surface area contributed by atoms with Gasteiger partial charge in [-0.25, -0.2) is 9.97 Å². The second-order valence-electron chi connectivity index (χ2n) is 3.52. The van der Waals surface area contributed by atoms with Gasteiger partial charge in [-0.2, -0.15) is 0 Å². The molecule has 0 radical (unpaired) electrons. The van der Waals surface area contributed by atoms with Crippen molar-refractivity contribution in [3.05, 3.63) is 36.7 Å². The maximum atomic E-state index is 5.77. The van der Waals surface area contributed by atoms with Gasteiger partial charge in [-0.3, -0.25) is 0 Å². The lowest BCUT2D eigenvalue weighted by molar-refractivity contribution is 0.415. The molecule has 5 nitrogen and oxygen atoms in total. The minimum atomic E-state index is 0.408. The molecule has 0 aliphatic carbocycles. The number of benzene rings is 1. The topological polar surface area (TPSA) is 64.3 Å². The maximum absolute atomic E-state index is 5.77. The Morgan fingerprint density at radius 1 is 1.12 bits per heavy atom. The van der Waals surface area contributed by atoms with Crippen molar-refractivity contribution in [2.75, 3.05) is 24.8 Å². The lowest BCUT2D eigenvalue weighted by Crippen LogP contribution is -2.13. The van der Waals surface area contributed by atoms with Gasteiger partial charge in [0.2, 0.25) is 0 Å². The number of aromatic nitrogens is 2. The van der Waals surface area contributed by atoms with Gasteiger partial charge in [0.25, 0.3) is 0 Å². The molecule has 17 heavy (non-hydrogen) atoms. The summed E-state index contributed by atoms with van der Waals surface area (Å²) >= 11 is 0. The smallest absolute Gasteiger partial charge is 0.175 e. The molecule has 0 fully saturated rings. The number of hydrogen-bond acceptors (Lipinski definition) is 5. The average molecular weight is 230 g/mol. The molecule has 0 unspecified atom stereocenters. The van der Waals surface area contributed by atoms with E-state index in [1.807, 2.05) is 36.2 Å². The molecule has 0 aliphatic rings. The van der Waals surface area contributed by atoms with E-state index in [1.54, 1.807) is 19.5 Å². The first-order valence-electron chi connectivity index (χ1n) is 5.16. The Bertz CT molecular complexity index is 498. The van der Waals surface area contributed by atoms with Crippen LogP contribution in [0.4, 0.5) is 17.3 Å². The van der Waals surface area contributed by atoms with E-state index in [9.17, 15) is 0 Å². The quantitative estimate of drug-likeness (QED) is 0.871. The highest BCUT2D eigenvalue weighted by atomic mass is 16.5. The van der Waals surface area contributed by atoms with E-state index in [4.69, 9.17) is 10.5 Å². The highest BCUT2D eigenvalue weighted by Crippen LogP contribution is 2.26. The Morgan fingerprint density at radius 3 is 2.35 bits per heavy atom. The zero-order chi connectivity index (χ0) is 12.3. The molecule has 1 aromatic carbocycles. The molecule has 2 aromatic rings. The van der Waals surface area contributed by atoms with Crippen LogP contribution in [0.5, 0.6) is 5.75 Å². The van der Waals surface area contributed by atoms with E-state index in [-0.39, 0.29) is 0 Å². The van der Waals surface area contributed by atoms with Crippen molar-refractivity contribution in [1.29, 1.82) is 0 Å². The zero-order valence-electron chi connectivity index (χ0n) is 9.79. The molecule has 88 valence electrons. The summed E-state index contributed by atoms with van der Waals surface area (Å²) in [7, 11) is 3.53. The van der Waals surface area contributed by atoms with Crippen molar-refractivity contribution in [1.82, 2.24) is 9.97 Å². The van der Waals surface area contributed by atoms with Crippen LogP contribution in [0.25, 0.3) is 0 Å².